The van der Waals surface area contributed by atoms with Crippen molar-refractivity contribution in [3.63, 3.8) is 0 Å². The SMILES string of the molecule is CCCNc1cc(NCC2(C)CCC2)nc(SC)n1. The summed E-state index contributed by atoms with van der Waals surface area (Å²) in [5.41, 5.74) is 0.460. The molecule has 0 radical (unpaired) electrons. The number of hydrogen-bond acceptors (Lipinski definition) is 5. The van der Waals surface area contributed by atoms with E-state index in [1.807, 2.05) is 12.3 Å². The molecule has 0 bridgehead atoms. The van der Waals surface area contributed by atoms with Crippen LogP contribution < -0.4 is 10.6 Å². The van der Waals surface area contributed by atoms with E-state index in [2.05, 4.69) is 34.4 Å². The summed E-state index contributed by atoms with van der Waals surface area (Å²) in [6, 6.07) is 2.01. The van der Waals surface area contributed by atoms with Crippen LogP contribution in [0.5, 0.6) is 0 Å². The minimum atomic E-state index is 0.460. The molecule has 4 nitrogen and oxygen atoms in total. The summed E-state index contributed by atoms with van der Waals surface area (Å²) in [7, 11) is 0. The van der Waals surface area contributed by atoms with E-state index in [0.717, 1.165) is 36.3 Å². The molecule has 0 atom stereocenters. The standard InChI is InChI=1S/C14H24N4S/c1-4-8-15-11-9-12(18-13(17-11)19-3)16-10-14(2)6-5-7-14/h9H,4-8,10H2,1-3H3,(H2,15,16,17,18). The lowest BCUT2D eigenvalue weighted by Crippen LogP contribution is -2.33. The number of nitrogens with one attached hydrogen (secondary N) is 2. The summed E-state index contributed by atoms with van der Waals surface area (Å²) in [6.45, 7) is 6.45. The van der Waals surface area contributed by atoms with Gasteiger partial charge in [0.15, 0.2) is 5.16 Å². The lowest BCUT2D eigenvalue weighted by molar-refractivity contribution is 0.180. The monoisotopic (exact) mass is 280 g/mol. The summed E-state index contributed by atoms with van der Waals surface area (Å²) in [5.74, 6) is 1.86. The summed E-state index contributed by atoms with van der Waals surface area (Å²) in [6.07, 6.45) is 7.11. The normalized spacial score (nSPS) is 16.8. The van der Waals surface area contributed by atoms with Gasteiger partial charge in [0.05, 0.1) is 0 Å². The highest BCUT2D eigenvalue weighted by Crippen LogP contribution is 2.40. The molecule has 5 heteroatoms. The van der Waals surface area contributed by atoms with Gasteiger partial charge in [-0.1, -0.05) is 32.0 Å². The Labute approximate surface area is 120 Å². The Hall–Kier alpha value is -0.970. The maximum atomic E-state index is 4.52. The average molecular weight is 280 g/mol. The molecular weight excluding hydrogens is 256 g/mol. The molecule has 1 saturated carbocycles. The van der Waals surface area contributed by atoms with Crippen molar-refractivity contribution in [1.82, 2.24) is 9.97 Å². The molecule has 0 unspecified atom stereocenters. The number of anilines is 2. The van der Waals surface area contributed by atoms with Crippen LogP contribution in [0.4, 0.5) is 11.6 Å². The van der Waals surface area contributed by atoms with Gasteiger partial charge in [0.1, 0.15) is 11.6 Å². The Balaban J connectivity index is 2.01. The highest BCUT2D eigenvalue weighted by atomic mass is 32.2. The quantitative estimate of drug-likeness (QED) is 0.590. The molecule has 1 aliphatic rings. The Kier molecular flexibility index (Phi) is 4.91. The zero-order valence-corrected chi connectivity index (χ0v) is 12.9. The molecule has 19 heavy (non-hydrogen) atoms. The predicted molar refractivity (Wildman–Crippen MR) is 83.0 cm³/mol. The second kappa shape index (κ2) is 6.46. The summed E-state index contributed by atoms with van der Waals surface area (Å²) >= 11 is 1.58. The van der Waals surface area contributed by atoms with E-state index < -0.39 is 0 Å². The fraction of sp³-hybridized carbons (Fsp3) is 0.714. The lowest BCUT2D eigenvalue weighted by Gasteiger charge is -2.38. The first kappa shape index (κ1) is 14.4. The Bertz CT molecular complexity index is 418. The maximum absolute atomic E-state index is 4.52. The van der Waals surface area contributed by atoms with Gasteiger partial charge in [-0.25, -0.2) is 9.97 Å². The zero-order valence-electron chi connectivity index (χ0n) is 12.1. The average Bonchev–Trinajstić information content (AvgIpc) is 2.40. The molecule has 1 fully saturated rings. The molecule has 0 aliphatic heterocycles. The highest BCUT2D eigenvalue weighted by Gasteiger charge is 2.31. The predicted octanol–water partition coefficient (Wildman–Crippen LogP) is 3.62. The molecule has 0 spiro atoms. The van der Waals surface area contributed by atoms with Crippen LogP contribution in [0.2, 0.25) is 0 Å². The van der Waals surface area contributed by atoms with Crippen LogP contribution >= 0.6 is 11.8 Å². The number of hydrogen-bond donors (Lipinski definition) is 2. The number of rotatable bonds is 7. The van der Waals surface area contributed by atoms with E-state index >= 15 is 0 Å². The van der Waals surface area contributed by atoms with Crippen molar-refractivity contribution in [2.24, 2.45) is 5.41 Å². The van der Waals surface area contributed by atoms with Gasteiger partial charge in [0.25, 0.3) is 0 Å². The van der Waals surface area contributed by atoms with E-state index in [-0.39, 0.29) is 0 Å². The first-order valence-corrected chi connectivity index (χ1v) is 8.28. The zero-order chi connectivity index (χ0) is 13.7. The van der Waals surface area contributed by atoms with Crippen LogP contribution in [0.15, 0.2) is 11.2 Å². The van der Waals surface area contributed by atoms with Crippen molar-refractivity contribution in [2.45, 2.75) is 44.7 Å². The highest BCUT2D eigenvalue weighted by molar-refractivity contribution is 7.98. The Morgan fingerprint density at radius 1 is 1.26 bits per heavy atom. The summed E-state index contributed by atoms with van der Waals surface area (Å²) in [4.78, 5) is 8.99. The third-order valence-corrected chi connectivity index (χ3v) is 4.25. The molecule has 1 aromatic heterocycles. The molecular formula is C14H24N4S. The third kappa shape index (κ3) is 4.00. The minimum Gasteiger partial charge on any atom is -0.370 e. The van der Waals surface area contributed by atoms with Crippen molar-refractivity contribution in [1.29, 1.82) is 0 Å². The molecule has 1 aliphatic carbocycles. The van der Waals surface area contributed by atoms with Crippen LogP contribution in [-0.2, 0) is 0 Å². The van der Waals surface area contributed by atoms with Gasteiger partial charge in [-0.3, -0.25) is 0 Å². The van der Waals surface area contributed by atoms with Crippen LogP contribution in [0, 0.1) is 5.41 Å². The summed E-state index contributed by atoms with van der Waals surface area (Å²) < 4.78 is 0. The molecule has 0 saturated heterocycles. The number of aromatic nitrogens is 2. The lowest BCUT2D eigenvalue weighted by atomic mass is 9.70. The molecule has 2 rings (SSSR count). The smallest absolute Gasteiger partial charge is 0.191 e. The first-order valence-electron chi connectivity index (χ1n) is 7.06. The van der Waals surface area contributed by atoms with Crippen molar-refractivity contribution in [3.05, 3.63) is 6.07 Å². The van der Waals surface area contributed by atoms with Crippen LogP contribution in [0.25, 0.3) is 0 Å². The van der Waals surface area contributed by atoms with E-state index in [0.29, 0.717) is 5.41 Å². The van der Waals surface area contributed by atoms with Crippen LogP contribution in [-0.4, -0.2) is 29.3 Å². The van der Waals surface area contributed by atoms with Gasteiger partial charge >= 0.3 is 0 Å². The molecule has 1 heterocycles. The van der Waals surface area contributed by atoms with Gasteiger partial charge < -0.3 is 10.6 Å². The number of nitrogens with zero attached hydrogens (tertiary/aromatic N) is 2. The van der Waals surface area contributed by atoms with Crippen molar-refractivity contribution in [2.75, 3.05) is 30.0 Å². The van der Waals surface area contributed by atoms with E-state index in [1.54, 1.807) is 11.8 Å². The second-order valence-corrected chi connectivity index (χ2v) is 6.34. The van der Waals surface area contributed by atoms with E-state index in [9.17, 15) is 0 Å². The van der Waals surface area contributed by atoms with Crippen molar-refractivity contribution < 1.29 is 0 Å². The topological polar surface area (TPSA) is 49.8 Å². The van der Waals surface area contributed by atoms with Crippen LogP contribution in [0.1, 0.15) is 39.5 Å². The molecule has 0 aromatic carbocycles. The van der Waals surface area contributed by atoms with Crippen molar-refractivity contribution >= 4 is 23.4 Å². The van der Waals surface area contributed by atoms with E-state index in [4.69, 9.17) is 0 Å². The maximum Gasteiger partial charge on any atom is 0.191 e. The van der Waals surface area contributed by atoms with Crippen molar-refractivity contribution in [3.8, 4) is 0 Å². The molecule has 2 N–H and O–H groups in total. The first-order chi connectivity index (χ1) is 9.15. The number of thioether (sulfide) groups is 1. The van der Waals surface area contributed by atoms with Gasteiger partial charge in [-0.2, -0.15) is 0 Å². The summed E-state index contributed by atoms with van der Waals surface area (Å²) in [5, 5.41) is 7.63. The van der Waals surface area contributed by atoms with Gasteiger partial charge in [0.2, 0.25) is 0 Å². The Morgan fingerprint density at radius 3 is 2.47 bits per heavy atom. The van der Waals surface area contributed by atoms with Gasteiger partial charge in [-0.15, -0.1) is 0 Å². The van der Waals surface area contributed by atoms with Gasteiger partial charge in [0, 0.05) is 19.2 Å². The van der Waals surface area contributed by atoms with Gasteiger partial charge in [-0.05, 0) is 30.9 Å². The molecule has 106 valence electrons. The fourth-order valence-corrected chi connectivity index (χ4v) is 2.59. The fourth-order valence-electron chi connectivity index (χ4n) is 2.21. The molecule has 0 amide bonds. The largest absolute Gasteiger partial charge is 0.370 e. The third-order valence-electron chi connectivity index (χ3n) is 3.70. The Morgan fingerprint density at radius 2 is 1.95 bits per heavy atom. The second-order valence-electron chi connectivity index (χ2n) is 5.57. The van der Waals surface area contributed by atoms with Crippen LogP contribution in [0.3, 0.4) is 0 Å². The van der Waals surface area contributed by atoms with E-state index in [1.165, 1.54) is 19.3 Å². The minimum absolute atomic E-state index is 0.460. The molecule has 1 aromatic rings.